The number of hydrogen-bond acceptors (Lipinski definition) is 4. The molecule has 0 atom stereocenters. The van der Waals surface area contributed by atoms with Crippen molar-refractivity contribution >= 4 is 0 Å². The molecule has 5 nitrogen and oxygen atoms in total. The van der Waals surface area contributed by atoms with Gasteiger partial charge in [-0.15, -0.1) is 0 Å². The highest BCUT2D eigenvalue weighted by atomic mass is 16.3. The van der Waals surface area contributed by atoms with Crippen LogP contribution in [0, 0.1) is 0 Å². The van der Waals surface area contributed by atoms with Crippen molar-refractivity contribution in [1.29, 1.82) is 0 Å². The molecule has 0 saturated heterocycles. The molecular formula is C16H16N4O. The first-order valence-electron chi connectivity index (χ1n) is 6.74. The van der Waals surface area contributed by atoms with Gasteiger partial charge in [0, 0.05) is 19.3 Å². The molecule has 0 amide bonds. The number of nitrogens with one attached hydrogen (secondary N) is 2. The highest BCUT2D eigenvalue weighted by Gasteiger charge is 2.00. The van der Waals surface area contributed by atoms with Crippen LogP contribution in [0.25, 0.3) is 11.3 Å². The summed E-state index contributed by atoms with van der Waals surface area (Å²) in [5, 5.41) is 19.4. The minimum atomic E-state index is 0.188. The van der Waals surface area contributed by atoms with Gasteiger partial charge < -0.3 is 10.4 Å². The van der Waals surface area contributed by atoms with Gasteiger partial charge >= 0.3 is 0 Å². The molecule has 5 heteroatoms. The van der Waals surface area contributed by atoms with Gasteiger partial charge in [0.25, 0.3) is 0 Å². The number of benzene rings is 1. The first-order valence-corrected chi connectivity index (χ1v) is 6.74. The third-order valence-corrected chi connectivity index (χ3v) is 3.21. The predicted molar refractivity (Wildman–Crippen MR) is 80.5 cm³/mol. The molecule has 3 aromatic rings. The third kappa shape index (κ3) is 3.46. The van der Waals surface area contributed by atoms with Crippen molar-refractivity contribution in [2.45, 2.75) is 13.1 Å². The van der Waals surface area contributed by atoms with E-state index in [1.807, 2.05) is 12.1 Å². The fraction of sp³-hybridized carbons (Fsp3) is 0.125. The van der Waals surface area contributed by atoms with Gasteiger partial charge in [-0.3, -0.25) is 10.1 Å². The molecule has 0 fully saturated rings. The van der Waals surface area contributed by atoms with Crippen LogP contribution in [-0.2, 0) is 13.1 Å². The Bertz CT molecular complexity index is 675. The Hall–Kier alpha value is -2.66. The van der Waals surface area contributed by atoms with E-state index in [9.17, 15) is 5.11 Å². The van der Waals surface area contributed by atoms with E-state index in [0.29, 0.717) is 6.54 Å². The zero-order valence-corrected chi connectivity index (χ0v) is 11.5. The molecule has 21 heavy (non-hydrogen) atoms. The molecule has 0 saturated carbocycles. The van der Waals surface area contributed by atoms with Gasteiger partial charge in [-0.25, -0.2) is 0 Å². The second kappa shape index (κ2) is 6.19. The maximum absolute atomic E-state index is 9.17. The summed E-state index contributed by atoms with van der Waals surface area (Å²) in [6.07, 6.45) is 3.20. The van der Waals surface area contributed by atoms with Crippen molar-refractivity contribution in [3.05, 3.63) is 66.1 Å². The van der Waals surface area contributed by atoms with Gasteiger partial charge in [0.1, 0.15) is 5.75 Å². The summed E-state index contributed by atoms with van der Waals surface area (Å²) in [6.45, 7) is 1.44. The van der Waals surface area contributed by atoms with Crippen LogP contribution in [0.4, 0.5) is 0 Å². The Kier molecular flexibility index (Phi) is 3.93. The fourth-order valence-corrected chi connectivity index (χ4v) is 2.07. The van der Waals surface area contributed by atoms with E-state index in [1.54, 1.807) is 12.3 Å². The summed E-state index contributed by atoms with van der Waals surface area (Å²) in [7, 11) is 0. The minimum Gasteiger partial charge on any atom is -0.506 e. The lowest BCUT2D eigenvalue weighted by Crippen LogP contribution is -2.13. The van der Waals surface area contributed by atoms with Crippen LogP contribution < -0.4 is 5.32 Å². The highest BCUT2D eigenvalue weighted by molar-refractivity contribution is 5.58. The molecule has 0 unspecified atom stereocenters. The van der Waals surface area contributed by atoms with E-state index < -0.39 is 0 Å². The normalized spacial score (nSPS) is 10.7. The molecule has 2 aromatic heterocycles. The number of aromatic hydroxyl groups is 1. The van der Waals surface area contributed by atoms with Crippen LogP contribution in [0.15, 0.2) is 54.9 Å². The average Bonchev–Trinajstić information content (AvgIpc) is 3.04. The first-order chi connectivity index (χ1) is 10.3. The Morgan fingerprint density at radius 1 is 1.00 bits per heavy atom. The number of H-pyrrole nitrogens is 1. The fourth-order valence-electron chi connectivity index (χ4n) is 2.07. The molecule has 106 valence electrons. The number of hydrogen-bond donors (Lipinski definition) is 3. The zero-order valence-electron chi connectivity index (χ0n) is 11.5. The number of aromatic nitrogens is 3. The van der Waals surface area contributed by atoms with Crippen molar-refractivity contribution in [3.63, 3.8) is 0 Å². The van der Waals surface area contributed by atoms with Crippen LogP contribution in [0.5, 0.6) is 5.75 Å². The van der Waals surface area contributed by atoms with Gasteiger partial charge in [0.2, 0.25) is 0 Å². The maximum atomic E-state index is 9.17. The van der Waals surface area contributed by atoms with Gasteiger partial charge in [-0.1, -0.05) is 24.3 Å². The lowest BCUT2D eigenvalue weighted by Gasteiger charge is -2.06. The van der Waals surface area contributed by atoms with Crippen LogP contribution in [0.2, 0.25) is 0 Å². The summed E-state index contributed by atoms with van der Waals surface area (Å²) < 4.78 is 0. The molecular weight excluding hydrogens is 264 g/mol. The Balaban J connectivity index is 1.55. The number of pyridine rings is 1. The number of rotatable bonds is 5. The molecule has 0 spiro atoms. The largest absolute Gasteiger partial charge is 0.506 e. The van der Waals surface area contributed by atoms with Crippen molar-refractivity contribution in [1.82, 2.24) is 20.5 Å². The van der Waals surface area contributed by atoms with Crippen LogP contribution in [-0.4, -0.2) is 20.3 Å². The van der Waals surface area contributed by atoms with Gasteiger partial charge in [0.05, 0.1) is 17.6 Å². The highest BCUT2D eigenvalue weighted by Crippen LogP contribution is 2.16. The Morgan fingerprint density at radius 3 is 2.52 bits per heavy atom. The smallest absolute Gasteiger partial charge is 0.133 e. The lowest BCUT2D eigenvalue weighted by molar-refractivity contribution is 0.471. The summed E-state index contributed by atoms with van der Waals surface area (Å²) >= 11 is 0. The van der Waals surface area contributed by atoms with Gasteiger partial charge in [-0.05, 0) is 29.3 Å². The zero-order chi connectivity index (χ0) is 14.5. The lowest BCUT2D eigenvalue weighted by atomic mass is 10.1. The van der Waals surface area contributed by atoms with Crippen LogP contribution in [0.3, 0.4) is 0 Å². The second-order valence-corrected chi connectivity index (χ2v) is 4.78. The summed E-state index contributed by atoms with van der Waals surface area (Å²) in [5.74, 6) is 0.188. The SMILES string of the molecule is Oc1ccc(CNCc2ccc(-c3ccn[nH]3)cc2)nc1. The Labute approximate surface area is 122 Å². The summed E-state index contributed by atoms with van der Waals surface area (Å²) in [4.78, 5) is 4.13. The van der Waals surface area contributed by atoms with E-state index in [0.717, 1.165) is 23.5 Å². The standard InChI is InChI=1S/C16H16N4O/c21-15-6-5-14(18-11-15)10-17-9-12-1-3-13(4-2-12)16-7-8-19-20-16/h1-8,11,17,21H,9-10H2,(H,19,20). The topological polar surface area (TPSA) is 73.8 Å². The number of aromatic amines is 1. The van der Waals surface area contributed by atoms with Crippen LogP contribution >= 0.6 is 0 Å². The summed E-state index contributed by atoms with van der Waals surface area (Å²) in [5.41, 5.74) is 4.25. The molecule has 2 heterocycles. The van der Waals surface area contributed by atoms with Gasteiger partial charge in [-0.2, -0.15) is 5.10 Å². The number of nitrogens with zero attached hydrogens (tertiary/aromatic N) is 2. The molecule has 3 rings (SSSR count). The monoisotopic (exact) mass is 280 g/mol. The molecule has 0 aliphatic heterocycles. The average molecular weight is 280 g/mol. The Morgan fingerprint density at radius 2 is 1.86 bits per heavy atom. The summed E-state index contributed by atoms with van der Waals surface area (Å²) in [6, 6.07) is 13.7. The van der Waals surface area contributed by atoms with Crippen LogP contribution in [0.1, 0.15) is 11.3 Å². The van der Waals surface area contributed by atoms with E-state index in [2.05, 4.69) is 44.8 Å². The van der Waals surface area contributed by atoms with E-state index >= 15 is 0 Å². The van der Waals surface area contributed by atoms with E-state index in [1.165, 1.54) is 11.8 Å². The van der Waals surface area contributed by atoms with Crippen molar-refractivity contribution < 1.29 is 5.11 Å². The molecule has 0 aliphatic carbocycles. The minimum absolute atomic E-state index is 0.188. The van der Waals surface area contributed by atoms with E-state index in [-0.39, 0.29) is 5.75 Å². The van der Waals surface area contributed by atoms with Crippen molar-refractivity contribution in [2.24, 2.45) is 0 Å². The first kappa shape index (κ1) is 13.3. The second-order valence-electron chi connectivity index (χ2n) is 4.78. The molecule has 1 aromatic carbocycles. The quantitative estimate of drug-likeness (QED) is 0.671. The maximum Gasteiger partial charge on any atom is 0.133 e. The predicted octanol–water partition coefficient (Wildman–Crippen LogP) is 2.47. The van der Waals surface area contributed by atoms with Crippen molar-refractivity contribution in [2.75, 3.05) is 0 Å². The molecule has 0 bridgehead atoms. The molecule has 0 aliphatic rings. The van der Waals surface area contributed by atoms with Gasteiger partial charge in [0.15, 0.2) is 0 Å². The molecule has 3 N–H and O–H groups in total. The molecule has 0 radical (unpaired) electrons. The third-order valence-electron chi connectivity index (χ3n) is 3.21. The van der Waals surface area contributed by atoms with E-state index in [4.69, 9.17) is 0 Å². The van der Waals surface area contributed by atoms with Crippen molar-refractivity contribution in [3.8, 4) is 17.0 Å².